The fourth-order valence-electron chi connectivity index (χ4n) is 3.21. The molecule has 1 aliphatic rings. The fourth-order valence-corrected chi connectivity index (χ4v) is 3.21. The first kappa shape index (κ1) is 16.3. The van der Waals surface area contributed by atoms with Gasteiger partial charge in [0.2, 0.25) is 0 Å². The molecule has 2 heterocycles. The zero-order valence-corrected chi connectivity index (χ0v) is 14.5. The molecule has 0 bridgehead atoms. The highest BCUT2D eigenvalue weighted by Gasteiger charge is 2.34. The lowest BCUT2D eigenvalue weighted by Crippen LogP contribution is -2.52. The van der Waals surface area contributed by atoms with Crippen LogP contribution in [0.1, 0.15) is 45.9 Å². The van der Waals surface area contributed by atoms with Gasteiger partial charge >= 0.3 is 0 Å². The number of aromatic nitrogens is 2. The molecule has 21 heavy (non-hydrogen) atoms. The molecule has 0 spiro atoms. The first-order valence-electron chi connectivity index (χ1n) is 7.88. The van der Waals surface area contributed by atoms with Crippen LogP contribution in [0.3, 0.4) is 0 Å². The maximum atomic E-state index is 6.02. The van der Waals surface area contributed by atoms with Crippen molar-refractivity contribution in [3.05, 3.63) is 11.3 Å². The molecule has 2 rings (SSSR count). The molecule has 0 saturated carbocycles. The highest BCUT2D eigenvalue weighted by Crippen LogP contribution is 2.29. The number of nitrogens with zero attached hydrogens (tertiary/aromatic N) is 3. The number of anilines is 1. The number of hydrogen-bond acceptors (Lipinski definition) is 4. The van der Waals surface area contributed by atoms with Gasteiger partial charge in [0.05, 0.1) is 17.4 Å². The van der Waals surface area contributed by atoms with E-state index in [4.69, 9.17) is 4.74 Å². The number of rotatable bonds is 4. The van der Waals surface area contributed by atoms with E-state index in [1.807, 2.05) is 11.7 Å². The van der Waals surface area contributed by atoms with E-state index in [0.29, 0.717) is 6.04 Å². The average Bonchev–Trinajstić information content (AvgIpc) is 2.58. The summed E-state index contributed by atoms with van der Waals surface area (Å²) in [6.07, 6.45) is 0.231. The third-order valence-electron chi connectivity index (χ3n) is 3.87. The number of hydrogen-bond donors (Lipinski definition) is 1. The summed E-state index contributed by atoms with van der Waals surface area (Å²) >= 11 is 0. The average molecular weight is 294 g/mol. The predicted octanol–water partition coefficient (Wildman–Crippen LogP) is 2.23. The Morgan fingerprint density at radius 2 is 2.10 bits per heavy atom. The van der Waals surface area contributed by atoms with Gasteiger partial charge in [0.15, 0.2) is 0 Å². The quantitative estimate of drug-likeness (QED) is 0.925. The van der Waals surface area contributed by atoms with E-state index in [0.717, 1.165) is 25.3 Å². The Bertz CT molecular complexity index is 493. The Labute approximate surface area is 128 Å². The molecule has 1 saturated heterocycles. The van der Waals surface area contributed by atoms with E-state index in [-0.39, 0.29) is 11.7 Å². The normalized spacial score (nSPS) is 22.1. The molecule has 1 unspecified atom stereocenters. The lowest BCUT2D eigenvalue weighted by molar-refractivity contribution is -0.0753. The Morgan fingerprint density at radius 3 is 2.67 bits per heavy atom. The molecule has 5 heteroatoms. The van der Waals surface area contributed by atoms with Crippen LogP contribution in [0.15, 0.2) is 0 Å². The number of aryl methyl sites for hydroxylation is 2. The molecular formula is C16H30N4O. The standard InChI is InChI=1S/C16H30N4O/c1-11(2)17-8-14-13(4)18-19(7)15(14)20-9-12(3)21-16(5,6)10-20/h11-12,17H,8-10H2,1-7H3. The van der Waals surface area contributed by atoms with Crippen LogP contribution in [0.5, 0.6) is 0 Å². The highest BCUT2D eigenvalue weighted by atomic mass is 16.5. The minimum atomic E-state index is -0.126. The molecule has 0 aromatic carbocycles. The monoisotopic (exact) mass is 294 g/mol. The Kier molecular flexibility index (Phi) is 4.63. The molecule has 1 fully saturated rings. The van der Waals surface area contributed by atoms with Crippen LogP contribution < -0.4 is 10.2 Å². The van der Waals surface area contributed by atoms with Crippen LogP contribution in [0.25, 0.3) is 0 Å². The van der Waals surface area contributed by atoms with E-state index < -0.39 is 0 Å². The SMILES string of the molecule is Cc1nn(C)c(N2CC(C)OC(C)(C)C2)c1CNC(C)C. The highest BCUT2D eigenvalue weighted by molar-refractivity contribution is 5.51. The predicted molar refractivity (Wildman–Crippen MR) is 86.8 cm³/mol. The van der Waals surface area contributed by atoms with Crippen LogP contribution in [-0.4, -0.2) is 40.6 Å². The zero-order chi connectivity index (χ0) is 15.8. The van der Waals surface area contributed by atoms with Gasteiger partial charge in [-0.15, -0.1) is 0 Å². The number of morpholine rings is 1. The molecule has 0 amide bonds. The smallest absolute Gasteiger partial charge is 0.131 e. The molecule has 1 aliphatic heterocycles. The molecule has 0 radical (unpaired) electrons. The molecule has 5 nitrogen and oxygen atoms in total. The van der Waals surface area contributed by atoms with Crippen LogP contribution in [-0.2, 0) is 18.3 Å². The third-order valence-corrected chi connectivity index (χ3v) is 3.87. The Hall–Kier alpha value is -1.07. The van der Waals surface area contributed by atoms with Crippen LogP contribution in [0.4, 0.5) is 5.82 Å². The van der Waals surface area contributed by atoms with Gasteiger partial charge in [-0.25, -0.2) is 0 Å². The summed E-state index contributed by atoms with van der Waals surface area (Å²) in [5.41, 5.74) is 2.28. The molecule has 120 valence electrons. The van der Waals surface area contributed by atoms with Gasteiger partial charge in [0.25, 0.3) is 0 Å². The lowest BCUT2D eigenvalue weighted by atomic mass is 10.0. The second-order valence-electron chi connectivity index (χ2n) is 7.12. The van der Waals surface area contributed by atoms with Gasteiger partial charge < -0.3 is 15.0 Å². The van der Waals surface area contributed by atoms with Crippen molar-refractivity contribution in [3.8, 4) is 0 Å². The lowest BCUT2D eigenvalue weighted by Gasteiger charge is -2.43. The van der Waals surface area contributed by atoms with Crippen molar-refractivity contribution in [2.24, 2.45) is 7.05 Å². The van der Waals surface area contributed by atoms with Gasteiger partial charge in [-0.2, -0.15) is 5.10 Å². The maximum Gasteiger partial charge on any atom is 0.131 e. The third kappa shape index (κ3) is 3.77. The van der Waals surface area contributed by atoms with Gasteiger partial charge in [0.1, 0.15) is 5.82 Å². The summed E-state index contributed by atoms with van der Waals surface area (Å²) in [5.74, 6) is 1.23. The summed E-state index contributed by atoms with van der Waals surface area (Å²) in [4.78, 5) is 2.42. The summed E-state index contributed by atoms with van der Waals surface area (Å²) in [5, 5.41) is 8.15. The Morgan fingerprint density at radius 1 is 1.43 bits per heavy atom. The summed E-state index contributed by atoms with van der Waals surface area (Å²) in [6.45, 7) is 15.6. The minimum Gasteiger partial charge on any atom is -0.369 e. The van der Waals surface area contributed by atoms with Crippen LogP contribution in [0, 0.1) is 6.92 Å². The van der Waals surface area contributed by atoms with Crippen molar-refractivity contribution in [2.75, 3.05) is 18.0 Å². The van der Waals surface area contributed by atoms with E-state index in [1.165, 1.54) is 11.4 Å². The van der Waals surface area contributed by atoms with Crippen LogP contribution in [0.2, 0.25) is 0 Å². The summed E-state index contributed by atoms with van der Waals surface area (Å²) < 4.78 is 8.04. The number of nitrogens with one attached hydrogen (secondary N) is 1. The van der Waals surface area contributed by atoms with Gasteiger partial charge in [-0.3, -0.25) is 4.68 Å². The molecule has 1 aromatic heterocycles. The van der Waals surface area contributed by atoms with Crippen molar-refractivity contribution >= 4 is 5.82 Å². The molecule has 1 atom stereocenters. The summed E-state index contributed by atoms with van der Waals surface area (Å²) in [7, 11) is 2.04. The first-order chi connectivity index (χ1) is 9.69. The first-order valence-corrected chi connectivity index (χ1v) is 7.88. The topological polar surface area (TPSA) is 42.3 Å². The molecule has 0 aliphatic carbocycles. The fraction of sp³-hybridized carbons (Fsp3) is 0.812. The van der Waals surface area contributed by atoms with Gasteiger partial charge in [-0.05, 0) is 27.7 Å². The molecule has 1 N–H and O–H groups in total. The van der Waals surface area contributed by atoms with Crippen molar-refractivity contribution in [2.45, 2.75) is 65.8 Å². The van der Waals surface area contributed by atoms with E-state index in [9.17, 15) is 0 Å². The van der Waals surface area contributed by atoms with E-state index in [1.54, 1.807) is 0 Å². The molecular weight excluding hydrogens is 264 g/mol. The number of ether oxygens (including phenoxy) is 1. The zero-order valence-electron chi connectivity index (χ0n) is 14.5. The van der Waals surface area contributed by atoms with Crippen LogP contribution >= 0.6 is 0 Å². The van der Waals surface area contributed by atoms with E-state index >= 15 is 0 Å². The summed E-state index contributed by atoms with van der Waals surface area (Å²) in [6, 6.07) is 0.470. The van der Waals surface area contributed by atoms with Gasteiger partial charge in [0, 0.05) is 38.3 Å². The molecule has 1 aromatic rings. The minimum absolute atomic E-state index is 0.126. The second kappa shape index (κ2) is 5.97. The van der Waals surface area contributed by atoms with Crippen molar-refractivity contribution < 1.29 is 4.74 Å². The second-order valence-corrected chi connectivity index (χ2v) is 7.12. The largest absolute Gasteiger partial charge is 0.369 e. The van der Waals surface area contributed by atoms with Crippen molar-refractivity contribution in [1.82, 2.24) is 15.1 Å². The van der Waals surface area contributed by atoms with Gasteiger partial charge in [-0.1, -0.05) is 13.8 Å². The van der Waals surface area contributed by atoms with Crippen molar-refractivity contribution in [3.63, 3.8) is 0 Å². The Balaban J connectivity index is 2.29. The maximum absolute atomic E-state index is 6.02. The van der Waals surface area contributed by atoms with Crippen molar-refractivity contribution in [1.29, 1.82) is 0 Å². The van der Waals surface area contributed by atoms with E-state index in [2.05, 4.69) is 56.9 Å².